The van der Waals surface area contributed by atoms with Crippen molar-refractivity contribution in [2.75, 3.05) is 18.6 Å². The number of carboxylic acid groups (broad SMARTS) is 1. The first kappa shape index (κ1) is 20.5. The first-order valence-electron chi connectivity index (χ1n) is 8.48. The van der Waals surface area contributed by atoms with E-state index in [4.69, 9.17) is 9.47 Å². The topological polar surface area (TPSA) is 125 Å². The van der Waals surface area contributed by atoms with Crippen molar-refractivity contribution in [1.29, 1.82) is 0 Å². The van der Waals surface area contributed by atoms with Crippen LogP contribution in [-0.2, 0) is 14.4 Å². The van der Waals surface area contributed by atoms with Gasteiger partial charge in [-0.1, -0.05) is 6.07 Å². The smallest absolute Gasteiger partial charge is 0.335 e. The Kier molecular flexibility index (Phi) is 5.77. The molecule has 30 heavy (non-hydrogen) atoms. The van der Waals surface area contributed by atoms with E-state index in [1.807, 2.05) is 0 Å². The molecular weight excluding hydrogens is 399 g/mol. The fourth-order valence-corrected chi connectivity index (χ4v) is 2.68. The molecule has 3 rings (SSSR count). The monoisotopic (exact) mass is 413 g/mol. The first-order chi connectivity index (χ1) is 14.3. The summed E-state index contributed by atoms with van der Waals surface area (Å²) in [5, 5.41) is 12.6. The van der Waals surface area contributed by atoms with Crippen LogP contribution in [0.1, 0.15) is 5.56 Å². The third-order valence-corrected chi connectivity index (χ3v) is 4.03. The molecule has 0 aliphatic carbocycles. The Morgan fingerprint density at radius 3 is 2.47 bits per heavy atom. The third kappa shape index (κ3) is 4.27. The van der Waals surface area contributed by atoms with Crippen molar-refractivity contribution >= 4 is 35.6 Å². The molecular formula is C20H14FN2O7-. The van der Waals surface area contributed by atoms with Gasteiger partial charge < -0.3 is 19.4 Å². The van der Waals surface area contributed by atoms with E-state index in [0.717, 1.165) is 12.1 Å². The molecule has 0 aromatic heterocycles. The highest BCUT2D eigenvalue weighted by molar-refractivity contribution is 6.39. The van der Waals surface area contributed by atoms with Gasteiger partial charge in [-0.3, -0.25) is 14.9 Å². The predicted molar refractivity (Wildman–Crippen MR) is 98.9 cm³/mol. The average molecular weight is 413 g/mol. The van der Waals surface area contributed by atoms with Gasteiger partial charge in [-0.05, 0) is 48.0 Å². The lowest BCUT2D eigenvalue weighted by atomic mass is 10.1. The molecule has 1 aliphatic heterocycles. The Morgan fingerprint density at radius 1 is 1.13 bits per heavy atom. The van der Waals surface area contributed by atoms with E-state index >= 15 is 0 Å². The molecule has 1 fully saturated rings. The molecule has 0 radical (unpaired) electrons. The number of carbonyl (C=O) groups is 4. The summed E-state index contributed by atoms with van der Waals surface area (Å²) >= 11 is 0. The van der Waals surface area contributed by atoms with Gasteiger partial charge in [-0.2, -0.15) is 0 Å². The number of hydrogen-bond donors (Lipinski definition) is 1. The molecule has 10 heteroatoms. The van der Waals surface area contributed by atoms with Crippen molar-refractivity contribution in [2.24, 2.45) is 0 Å². The summed E-state index contributed by atoms with van der Waals surface area (Å²) in [6, 6.07) is 7.91. The molecule has 4 amide bonds. The van der Waals surface area contributed by atoms with Gasteiger partial charge in [0.25, 0.3) is 11.8 Å². The van der Waals surface area contributed by atoms with E-state index in [9.17, 15) is 28.7 Å². The molecule has 1 saturated heterocycles. The number of benzene rings is 2. The third-order valence-electron chi connectivity index (χ3n) is 4.03. The number of aliphatic carboxylic acids is 1. The number of carbonyl (C=O) groups excluding carboxylic acids is 4. The van der Waals surface area contributed by atoms with Crippen molar-refractivity contribution in [2.45, 2.75) is 0 Å². The van der Waals surface area contributed by atoms with Crippen LogP contribution in [0.4, 0.5) is 14.9 Å². The second-order valence-electron chi connectivity index (χ2n) is 6.01. The van der Waals surface area contributed by atoms with Gasteiger partial charge in [0.2, 0.25) is 0 Å². The predicted octanol–water partition coefficient (Wildman–Crippen LogP) is 0.629. The largest absolute Gasteiger partial charge is 0.546 e. The fraction of sp³-hybridized carbons (Fsp3) is 0.100. The average Bonchev–Trinajstić information content (AvgIpc) is 2.71. The van der Waals surface area contributed by atoms with Crippen LogP contribution in [0.2, 0.25) is 0 Å². The van der Waals surface area contributed by atoms with Gasteiger partial charge in [0.05, 0.1) is 18.8 Å². The maximum absolute atomic E-state index is 13.1. The molecule has 2 aromatic rings. The number of rotatable bonds is 6. The fourth-order valence-electron chi connectivity index (χ4n) is 2.68. The molecule has 1 heterocycles. The summed E-state index contributed by atoms with van der Waals surface area (Å²) in [7, 11) is 1.32. The zero-order valence-electron chi connectivity index (χ0n) is 15.5. The number of carboxylic acids is 1. The van der Waals surface area contributed by atoms with E-state index in [1.165, 1.54) is 43.5 Å². The molecule has 9 nitrogen and oxygen atoms in total. The Morgan fingerprint density at radius 2 is 1.83 bits per heavy atom. The lowest BCUT2D eigenvalue weighted by Crippen LogP contribution is -2.54. The van der Waals surface area contributed by atoms with Crippen LogP contribution in [0, 0.1) is 5.82 Å². The second-order valence-corrected chi connectivity index (χ2v) is 6.01. The molecule has 0 spiro atoms. The van der Waals surface area contributed by atoms with Gasteiger partial charge in [-0.25, -0.2) is 14.1 Å². The number of amides is 4. The van der Waals surface area contributed by atoms with Crippen molar-refractivity contribution in [1.82, 2.24) is 5.32 Å². The number of ether oxygens (including phenoxy) is 2. The van der Waals surface area contributed by atoms with Crippen molar-refractivity contribution in [3.05, 3.63) is 59.4 Å². The maximum Gasteiger partial charge on any atom is 0.335 e. The molecule has 0 unspecified atom stereocenters. The van der Waals surface area contributed by atoms with Crippen LogP contribution >= 0.6 is 0 Å². The normalized spacial score (nSPS) is 15.2. The minimum Gasteiger partial charge on any atom is -0.546 e. The highest BCUT2D eigenvalue weighted by Gasteiger charge is 2.36. The molecule has 2 aromatic carbocycles. The van der Waals surface area contributed by atoms with Crippen LogP contribution in [0.5, 0.6) is 11.5 Å². The van der Waals surface area contributed by atoms with Crippen LogP contribution in [-0.4, -0.2) is 37.5 Å². The van der Waals surface area contributed by atoms with E-state index in [1.54, 1.807) is 0 Å². The zero-order chi connectivity index (χ0) is 21.8. The van der Waals surface area contributed by atoms with E-state index in [0.29, 0.717) is 10.5 Å². The number of imide groups is 2. The molecule has 1 N–H and O–H groups in total. The van der Waals surface area contributed by atoms with Gasteiger partial charge >= 0.3 is 6.03 Å². The second kappa shape index (κ2) is 8.43. The first-order valence-corrected chi connectivity index (χ1v) is 8.48. The minimum atomic E-state index is -1.42. The van der Waals surface area contributed by atoms with Gasteiger partial charge in [-0.15, -0.1) is 0 Å². The standard InChI is InChI=1S/C20H15FN2O7/c1-29-16-9-11(2-7-15(16)30-10-17(24)25)8-14-18(26)22-20(28)23(19(14)27)13-5-3-12(21)4-6-13/h2-9H,10H2,1H3,(H,24,25)(H,22,26,28)/p-1/b14-8-. The Hall–Kier alpha value is -4.21. The minimum absolute atomic E-state index is 0.0842. The number of hydrogen-bond acceptors (Lipinski definition) is 7. The summed E-state index contributed by atoms with van der Waals surface area (Å²) < 4.78 is 23.3. The molecule has 154 valence electrons. The Labute approximate surface area is 169 Å². The maximum atomic E-state index is 13.1. The summed E-state index contributed by atoms with van der Waals surface area (Å²) in [6.07, 6.45) is 1.23. The van der Waals surface area contributed by atoms with E-state index in [-0.39, 0.29) is 22.8 Å². The summed E-state index contributed by atoms with van der Waals surface area (Å²) in [4.78, 5) is 48.4. The van der Waals surface area contributed by atoms with Crippen molar-refractivity contribution in [3.63, 3.8) is 0 Å². The van der Waals surface area contributed by atoms with E-state index < -0.39 is 36.2 Å². The van der Waals surface area contributed by atoms with Crippen LogP contribution in [0.3, 0.4) is 0 Å². The van der Waals surface area contributed by atoms with Crippen molar-refractivity contribution in [3.8, 4) is 11.5 Å². The summed E-state index contributed by atoms with van der Waals surface area (Å²) in [5.41, 5.74) is 0.0878. The van der Waals surface area contributed by atoms with E-state index in [2.05, 4.69) is 5.32 Å². The lowest BCUT2D eigenvalue weighted by molar-refractivity contribution is -0.307. The Bertz CT molecular complexity index is 1060. The van der Waals surface area contributed by atoms with Crippen molar-refractivity contribution < 1.29 is 38.1 Å². The molecule has 0 bridgehead atoms. The number of halogens is 1. The van der Waals surface area contributed by atoms with Crippen LogP contribution in [0.15, 0.2) is 48.0 Å². The van der Waals surface area contributed by atoms with Crippen LogP contribution < -0.4 is 24.8 Å². The highest BCUT2D eigenvalue weighted by atomic mass is 19.1. The number of nitrogens with zero attached hydrogens (tertiary/aromatic N) is 1. The summed E-state index contributed by atoms with van der Waals surface area (Å²) in [6.45, 7) is -0.688. The van der Waals surface area contributed by atoms with Gasteiger partial charge in [0, 0.05) is 0 Å². The SMILES string of the molecule is COc1cc(/C=C2/C(=O)NC(=O)N(c3ccc(F)cc3)C2=O)ccc1OCC(=O)[O-]. The molecule has 0 atom stereocenters. The number of methoxy groups -OCH3 is 1. The number of anilines is 1. The molecule has 0 saturated carbocycles. The van der Waals surface area contributed by atoms with Gasteiger partial charge in [0.1, 0.15) is 18.0 Å². The number of barbiturate groups is 1. The number of nitrogens with one attached hydrogen (secondary N) is 1. The quantitative estimate of drug-likeness (QED) is 0.544. The number of urea groups is 1. The highest BCUT2D eigenvalue weighted by Crippen LogP contribution is 2.30. The molecule has 1 aliphatic rings. The van der Waals surface area contributed by atoms with Crippen LogP contribution in [0.25, 0.3) is 6.08 Å². The lowest BCUT2D eigenvalue weighted by Gasteiger charge is -2.26. The zero-order valence-corrected chi connectivity index (χ0v) is 15.5. The summed E-state index contributed by atoms with van der Waals surface area (Å²) in [5.74, 6) is -3.50. The Balaban J connectivity index is 1.94. The van der Waals surface area contributed by atoms with Gasteiger partial charge in [0.15, 0.2) is 11.5 Å².